The normalized spacial score (nSPS) is 17.9. The van der Waals surface area contributed by atoms with Crippen LogP contribution in [0.3, 0.4) is 0 Å². The predicted molar refractivity (Wildman–Crippen MR) is 61.3 cm³/mol. The first-order valence-electron chi connectivity index (χ1n) is 5.83. The number of carbonyl (C=O) groups excluding carboxylic acids is 2. The van der Waals surface area contributed by atoms with Crippen LogP contribution in [-0.4, -0.2) is 49.3 Å². The van der Waals surface area contributed by atoms with Gasteiger partial charge >= 0.3 is 6.09 Å². The zero-order chi connectivity index (χ0) is 12.8. The van der Waals surface area contributed by atoms with Crippen LogP contribution in [0.25, 0.3) is 0 Å². The van der Waals surface area contributed by atoms with Crippen molar-refractivity contribution in [3.05, 3.63) is 0 Å². The molecule has 6 nitrogen and oxygen atoms in total. The van der Waals surface area contributed by atoms with E-state index >= 15 is 0 Å². The molecule has 0 saturated carbocycles. The first kappa shape index (κ1) is 13.8. The number of nitrogens with two attached hydrogens (primary N) is 1. The second-order valence-corrected chi connectivity index (χ2v) is 4.49. The van der Waals surface area contributed by atoms with Gasteiger partial charge in [0, 0.05) is 13.1 Å². The van der Waals surface area contributed by atoms with Crippen LogP contribution in [0.5, 0.6) is 0 Å². The van der Waals surface area contributed by atoms with Crippen LogP contribution in [0.2, 0.25) is 0 Å². The number of nitrogens with zero attached hydrogens (tertiary/aromatic N) is 1. The lowest BCUT2D eigenvalue weighted by molar-refractivity contribution is -0.145. The SMILES string of the molecule is CC(C)C[C@@H](OC(N)=O)C(=O)N1CCOCC1. The fourth-order valence-corrected chi connectivity index (χ4v) is 1.76. The number of morpholine rings is 1. The van der Waals surface area contributed by atoms with Gasteiger partial charge in [0.2, 0.25) is 0 Å². The topological polar surface area (TPSA) is 81.9 Å². The molecule has 0 bridgehead atoms. The minimum atomic E-state index is -0.905. The Hall–Kier alpha value is -1.30. The van der Waals surface area contributed by atoms with Crippen LogP contribution >= 0.6 is 0 Å². The van der Waals surface area contributed by atoms with Crippen molar-refractivity contribution < 1.29 is 19.1 Å². The Balaban J connectivity index is 2.60. The molecule has 0 aliphatic carbocycles. The Morgan fingerprint density at radius 2 is 1.94 bits per heavy atom. The highest BCUT2D eigenvalue weighted by molar-refractivity contribution is 5.83. The molecule has 0 aromatic heterocycles. The number of hydrogen-bond donors (Lipinski definition) is 1. The molecule has 2 amide bonds. The van der Waals surface area contributed by atoms with Crippen LogP contribution in [0.15, 0.2) is 0 Å². The first-order valence-corrected chi connectivity index (χ1v) is 5.83. The van der Waals surface area contributed by atoms with Gasteiger partial charge in [0.1, 0.15) is 0 Å². The van der Waals surface area contributed by atoms with E-state index in [2.05, 4.69) is 0 Å². The maximum absolute atomic E-state index is 12.1. The summed E-state index contributed by atoms with van der Waals surface area (Å²) in [5.74, 6) is 0.0742. The predicted octanol–water partition coefficient (Wildman–Crippen LogP) is 0.355. The molecule has 0 aromatic rings. The van der Waals surface area contributed by atoms with Crippen molar-refractivity contribution in [2.75, 3.05) is 26.3 Å². The molecule has 1 saturated heterocycles. The third-order valence-electron chi connectivity index (χ3n) is 2.54. The van der Waals surface area contributed by atoms with Gasteiger partial charge in [0.25, 0.3) is 5.91 Å². The summed E-state index contributed by atoms with van der Waals surface area (Å²) in [4.78, 5) is 24.5. The van der Waals surface area contributed by atoms with E-state index in [-0.39, 0.29) is 11.8 Å². The zero-order valence-corrected chi connectivity index (χ0v) is 10.3. The van der Waals surface area contributed by atoms with Gasteiger partial charge < -0.3 is 20.1 Å². The van der Waals surface area contributed by atoms with Gasteiger partial charge in [-0.2, -0.15) is 0 Å². The molecule has 98 valence electrons. The van der Waals surface area contributed by atoms with E-state index in [9.17, 15) is 9.59 Å². The maximum Gasteiger partial charge on any atom is 0.405 e. The minimum absolute atomic E-state index is 0.180. The zero-order valence-electron chi connectivity index (χ0n) is 10.3. The van der Waals surface area contributed by atoms with Crippen molar-refractivity contribution in [2.24, 2.45) is 11.7 Å². The van der Waals surface area contributed by atoms with Crippen LogP contribution in [-0.2, 0) is 14.3 Å². The Morgan fingerprint density at radius 3 is 2.41 bits per heavy atom. The summed E-state index contributed by atoms with van der Waals surface area (Å²) in [6.07, 6.45) is -1.19. The lowest BCUT2D eigenvalue weighted by atomic mass is 10.0. The van der Waals surface area contributed by atoms with Gasteiger partial charge in [-0.3, -0.25) is 4.79 Å². The van der Waals surface area contributed by atoms with E-state index in [0.717, 1.165) is 0 Å². The third-order valence-corrected chi connectivity index (χ3v) is 2.54. The van der Waals surface area contributed by atoms with Gasteiger partial charge in [-0.25, -0.2) is 4.79 Å². The molecule has 0 aromatic carbocycles. The molecule has 1 fully saturated rings. The molecule has 0 unspecified atom stereocenters. The number of carbonyl (C=O) groups is 2. The molecular weight excluding hydrogens is 224 g/mol. The molecule has 1 atom stereocenters. The number of amides is 2. The number of ether oxygens (including phenoxy) is 2. The van der Waals surface area contributed by atoms with Crippen molar-refractivity contribution in [3.8, 4) is 0 Å². The average molecular weight is 244 g/mol. The Morgan fingerprint density at radius 1 is 1.35 bits per heavy atom. The summed E-state index contributed by atoms with van der Waals surface area (Å²) in [6, 6.07) is 0. The van der Waals surface area contributed by atoms with Gasteiger partial charge in [-0.05, 0) is 12.3 Å². The molecule has 1 aliphatic heterocycles. The van der Waals surface area contributed by atoms with Crippen molar-refractivity contribution in [3.63, 3.8) is 0 Å². The van der Waals surface area contributed by atoms with E-state index in [0.29, 0.717) is 32.7 Å². The molecule has 17 heavy (non-hydrogen) atoms. The molecule has 2 N–H and O–H groups in total. The van der Waals surface area contributed by atoms with Crippen molar-refractivity contribution in [1.29, 1.82) is 0 Å². The number of hydrogen-bond acceptors (Lipinski definition) is 4. The van der Waals surface area contributed by atoms with Crippen LogP contribution in [0.1, 0.15) is 20.3 Å². The second-order valence-electron chi connectivity index (χ2n) is 4.49. The van der Waals surface area contributed by atoms with Gasteiger partial charge in [-0.15, -0.1) is 0 Å². The lowest BCUT2D eigenvalue weighted by Gasteiger charge is -2.30. The highest BCUT2D eigenvalue weighted by Gasteiger charge is 2.28. The molecule has 0 radical (unpaired) electrons. The summed E-state index contributed by atoms with van der Waals surface area (Å²) >= 11 is 0. The summed E-state index contributed by atoms with van der Waals surface area (Å²) < 4.78 is 10.0. The lowest BCUT2D eigenvalue weighted by Crippen LogP contribution is -2.47. The van der Waals surface area contributed by atoms with Gasteiger partial charge in [-0.1, -0.05) is 13.8 Å². The Labute approximate surface area is 101 Å². The fraction of sp³-hybridized carbons (Fsp3) is 0.818. The van der Waals surface area contributed by atoms with E-state index < -0.39 is 12.2 Å². The van der Waals surface area contributed by atoms with Crippen molar-refractivity contribution in [1.82, 2.24) is 4.90 Å². The molecule has 0 spiro atoms. The summed E-state index contributed by atoms with van der Waals surface area (Å²) in [6.45, 7) is 6.05. The van der Waals surface area contributed by atoms with Gasteiger partial charge in [0.05, 0.1) is 13.2 Å². The van der Waals surface area contributed by atoms with Crippen LogP contribution < -0.4 is 5.73 Å². The maximum atomic E-state index is 12.1. The highest BCUT2D eigenvalue weighted by Crippen LogP contribution is 2.12. The highest BCUT2D eigenvalue weighted by atomic mass is 16.6. The van der Waals surface area contributed by atoms with Crippen molar-refractivity contribution >= 4 is 12.0 Å². The monoisotopic (exact) mass is 244 g/mol. The number of primary amides is 1. The van der Waals surface area contributed by atoms with E-state index in [1.165, 1.54) is 0 Å². The molecular formula is C11H20N2O4. The minimum Gasteiger partial charge on any atom is -0.436 e. The molecule has 6 heteroatoms. The first-order chi connectivity index (χ1) is 8.00. The van der Waals surface area contributed by atoms with E-state index in [1.807, 2.05) is 13.8 Å². The third kappa shape index (κ3) is 4.60. The molecule has 1 aliphatic rings. The quantitative estimate of drug-likeness (QED) is 0.774. The van der Waals surface area contributed by atoms with E-state index in [4.69, 9.17) is 15.2 Å². The average Bonchev–Trinajstić information content (AvgIpc) is 2.27. The standard InChI is InChI=1S/C11H20N2O4/c1-8(2)7-9(17-11(12)15)10(14)13-3-5-16-6-4-13/h8-9H,3-7H2,1-2H3,(H2,12,15)/t9-/m1/s1. The Bertz CT molecular complexity index is 275. The second kappa shape index (κ2) is 6.44. The largest absolute Gasteiger partial charge is 0.436 e. The summed E-state index contributed by atoms with van der Waals surface area (Å²) in [7, 11) is 0. The molecule has 1 heterocycles. The summed E-state index contributed by atoms with van der Waals surface area (Å²) in [5.41, 5.74) is 4.98. The molecule has 1 rings (SSSR count). The van der Waals surface area contributed by atoms with E-state index in [1.54, 1.807) is 4.90 Å². The van der Waals surface area contributed by atoms with Gasteiger partial charge in [0.15, 0.2) is 6.10 Å². The van der Waals surface area contributed by atoms with Crippen LogP contribution in [0, 0.1) is 5.92 Å². The smallest absolute Gasteiger partial charge is 0.405 e. The van der Waals surface area contributed by atoms with Crippen LogP contribution in [0.4, 0.5) is 4.79 Å². The van der Waals surface area contributed by atoms with Crippen molar-refractivity contribution in [2.45, 2.75) is 26.4 Å². The Kier molecular flexibility index (Phi) is 5.21. The number of rotatable bonds is 4. The summed E-state index contributed by atoms with van der Waals surface area (Å²) in [5, 5.41) is 0. The fourth-order valence-electron chi connectivity index (χ4n) is 1.76.